The van der Waals surface area contributed by atoms with Crippen LogP contribution >= 0.6 is 0 Å². The highest BCUT2D eigenvalue weighted by molar-refractivity contribution is 5.92. The number of nitrogens with one attached hydrogen (secondary N) is 2. The molecule has 4 aromatic rings. The fourth-order valence-electron chi connectivity index (χ4n) is 4.07. The molecule has 0 aromatic carbocycles. The van der Waals surface area contributed by atoms with Crippen molar-refractivity contribution < 1.29 is 26.7 Å². The summed E-state index contributed by atoms with van der Waals surface area (Å²) in [5.41, 5.74) is 1.60. The number of halogens is 5. The standard InChI is InChI=1S/C20H18F5N7O/c21-17(22)15-9-26-16-6-5-14(31-32(15)16)12-7-27-18-13(12)8-28-19(30-18)29-10-1-3-11(4-2-10)33-20(23,24)25/h5-11,17H,1-4H2,(H2,27,28,29,30)/t10-,11+. The second-order valence-electron chi connectivity index (χ2n) is 7.81. The molecule has 0 saturated heterocycles. The lowest BCUT2D eigenvalue weighted by Crippen LogP contribution is -2.33. The van der Waals surface area contributed by atoms with Crippen molar-refractivity contribution in [2.24, 2.45) is 0 Å². The summed E-state index contributed by atoms with van der Waals surface area (Å²) in [6.07, 6.45) is -2.25. The Morgan fingerprint density at radius 1 is 1.09 bits per heavy atom. The summed E-state index contributed by atoms with van der Waals surface area (Å²) in [6.45, 7) is 0. The van der Waals surface area contributed by atoms with Gasteiger partial charge < -0.3 is 10.3 Å². The molecule has 33 heavy (non-hydrogen) atoms. The van der Waals surface area contributed by atoms with Crippen LogP contribution in [0.3, 0.4) is 0 Å². The summed E-state index contributed by atoms with van der Waals surface area (Å²) in [7, 11) is 0. The average molecular weight is 467 g/mol. The van der Waals surface area contributed by atoms with Crippen LogP contribution in [0.15, 0.2) is 30.7 Å². The molecular weight excluding hydrogens is 449 g/mol. The molecule has 13 heteroatoms. The highest BCUT2D eigenvalue weighted by Gasteiger charge is 2.35. The maximum atomic E-state index is 13.2. The molecule has 0 aliphatic heterocycles. The highest BCUT2D eigenvalue weighted by atomic mass is 19.4. The maximum absolute atomic E-state index is 13.2. The molecule has 0 amide bonds. The minimum atomic E-state index is -4.62. The van der Waals surface area contributed by atoms with E-state index in [9.17, 15) is 22.0 Å². The number of imidazole rings is 1. The molecule has 0 radical (unpaired) electrons. The highest BCUT2D eigenvalue weighted by Crippen LogP contribution is 2.30. The molecule has 1 aliphatic rings. The number of rotatable bonds is 5. The van der Waals surface area contributed by atoms with Gasteiger partial charge in [-0.1, -0.05) is 0 Å². The Kier molecular flexibility index (Phi) is 5.35. The van der Waals surface area contributed by atoms with Crippen molar-refractivity contribution in [3.8, 4) is 11.3 Å². The van der Waals surface area contributed by atoms with Crippen molar-refractivity contribution in [3.63, 3.8) is 0 Å². The molecule has 8 nitrogen and oxygen atoms in total. The Balaban J connectivity index is 1.32. The summed E-state index contributed by atoms with van der Waals surface area (Å²) in [4.78, 5) is 15.7. The van der Waals surface area contributed by atoms with Gasteiger partial charge in [-0.2, -0.15) is 10.1 Å². The minimum absolute atomic E-state index is 0.0666. The van der Waals surface area contributed by atoms with Crippen molar-refractivity contribution in [1.29, 1.82) is 0 Å². The van der Waals surface area contributed by atoms with Crippen LogP contribution in [-0.4, -0.2) is 48.1 Å². The van der Waals surface area contributed by atoms with Crippen LogP contribution in [0.25, 0.3) is 27.9 Å². The molecule has 0 bridgehead atoms. The largest absolute Gasteiger partial charge is 0.522 e. The second kappa shape index (κ2) is 8.21. The summed E-state index contributed by atoms with van der Waals surface area (Å²) >= 11 is 0. The Hall–Kier alpha value is -3.35. The molecular formula is C20H18F5N7O. The van der Waals surface area contributed by atoms with Gasteiger partial charge in [-0.3, -0.25) is 4.74 Å². The van der Waals surface area contributed by atoms with Gasteiger partial charge >= 0.3 is 6.36 Å². The number of nitrogens with zero attached hydrogens (tertiary/aromatic N) is 5. The fourth-order valence-corrected chi connectivity index (χ4v) is 4.07. The van der Waals surface area contributed by atoms with E-state index in [-0.39, 0.29) is 24.6 Å². The topological polar surface area (TPSA) is 93.0 Å². The number of anilines is 1. The van der Waals surface area contributed by atoms with Crippen molar-refractivity contribution in [2.45, 2.75) is 50.6 Å². The smallest absolute Gasteiger partial charge is 0.351 e. The Morgan fingerprint density at radius 3 is 2.61 bits per heavy atom. The molecule has 1 aliphatic carbocycles. The molecule has 2 N–H and O–H groups in total. The van der Waals surface area contributed by atoms with E-state index in [4.69, 9.17) is 0 Å². The first kappa shape index (κ1) is 21.5. The van der Waals surface area contributed by atoms with Crippen molar-refractivity contribution in [1.82, 2.24) is 29.5 Å². The summed E-state index contributed by atoms with van der Waals surface area (Å²) < 4.78 is 68.7. The van der Waals surface area contributed by atoms with Crippen molar-refractivity contribution >= 4 is 22.6 Å². The van der Waals surface area contributed by atoms with Crippen LogP contribution in [-0.2, 0) is 4.74 Å². The Labute approximate surface area is 183 Å². The van der Waals surface area contributed by atoms with Crippen LogP contribution in [0.5, 0.6) is 0 Å². The zero-order valence-corrected chi connectivity index (χ0v) is 17.0. The number of aromatic amines is 1. The van der Waals surface area contributed by atoms with E-state index in [0.717, 1.165) is 10.7 Å². The molecule has 4 aromatic heterocycles. The second-order valence-corrected chi connectivity index (χ2v) is 7.81. The van der Waals surface area contributed by atoms with Crippen LogP contribution in [0.2, 0.25) is 0 Å². The number of H-pyrrole nitrogens is 1. The van der Waals surface area contributed by atoms with E-state index in [2.05, 4.69) is 35.1 Å². The monoisotopic (exact) mass is 467 g/mol. The van der Waals surface area contributed by atoms with Gasteiger partial charge in [0.1, 0.15) is 11.3 Å². The van der Waals surface area contributed by atoms with E-state index in [1.165, 1.54) is 0 Å². The average Bonchev–Trinajstić information content (AvgIpc) is 3.37. The maximum Gasteiger partial charge on any atom is 0.522 e. The fraction of sp³-hybridized carbons (Fsp3) is 0.400. The number of hydrogen-bond acceptors (Lipinski definition) is 6. The molecule has 1 saturated carbocycles. The molecule has 174 valence electrons. The van der Waals surface area contributed by atoms with Crippen LogP contribution in [0, 0.1) is 0 Å². The van der Waals surface area contributed by atoms with Crippen molar-refractivity contribution in [3.05, 3.63) is 36.4 Å². The van der Waals surface area contributed by atoms with Gasteiger partial charge in [-0.25, -0.2) is 23.3 Å². The lowest BCUT2D eigenvalue weighted by atomic mass is 9.93. The van der Waals surface area contributed by atoms with Gasteiger partial charge in [0, 0.05) is 29.4 Å². The number of aromatic nitrogens is 6. The zero-order chi connectivity index (χ0) is 23.2. The molecule has 0 unspecified atom stereocenters. The quantitative estimate of drug-likeness (QED) is 0.407. The minimum Gasteiger partial charge on any atom is -0.351 e. The predicted octanol–water partition coefficient (Wildman–Crippen LogP) is 4.86. The van der Waals surface area contributed by atoms with Gasteiger partial charge in [-0.05, 0) is 37.8 Å². The normalized spacial score (nSPS) is 19.6. The molecule has 4 heterocycles. The third kappa shape index (κ3) is 4.45. The zero-order valence-electron chi connectivity index (χ0n) is 17.0. The molecule has 0 atom stereocenters. The lowest BCUT2D eigenvalue weighted by Gasteiger charge is -2.29. The Bertz CT molecular complexity index is 1280. The van der Waals surface area contributed by atoms with E-state index < -0.39 is 18.9 Å². The first-order valence-electron chi connectivity index (χ1n) is 10.3. The summed E-state index contributed by atoms with van der Waals surface area (Å²) in [6, 6.07) is 3.21. The predicted molar refractivity (Wildman–Crippen MR) is 108 cm³/mol. The SMILES string of the molecule is FC(F)c1cnc2ccc(-c3c[nH]c4nc(N[C@H]5CC[C@@H](OC(F)(F)F)CC5)ncc34)nn12. The number of ether oxygens (including phenoxy) is 1. The third-order valence-electron chi connectivity index (χ3n) is 5.63. The van der Waals surface area contributed by atoms with Gasteiger partial charge in [-0.15, -0.1) is 13.2 Å². The van der Waals surface area contributed by atoms with E-state index in [0.29, 0.717) is 46.7 Å². The summed E-state index contributed by atoms with van der Waals surface area (Å²) in [5.74, 6) is 0.342. The van der Waals surface area contributed by atoms with Crippen LogP contribution < -0.4 is 5.32 Å². The van der Waals surface area contributed by atoms with Gasteiger partial charge in [0.05, 0.1) is 18.0 Å². The number of hydrogen-bond donors (Lipinski definition) is 2. The lowest BCUT2D eigenvalue weighted by molar-refractivity contribution is -0.345. The van der Waals surface area contributed by atoms with Crippen LogP contribution in [0.1, 0.15) is 37.8 Å². The van der Waals surface area contributed by atoms with Gasteiger partial charge in [0.2, 0.25) is 5.95 Å². The molecule has 0 spiro atoms. The molecule has 1 fully saturated rings. The van der Waals surface area contributed by atoms with E-state index in [1.807, 2.05) is 0 Å². The van der Waals surface area contributed by atoms with Gasteiger partial charge in [0.25, 0.3) is 6.43 Å². The number of alkyl halides is 5. The van der Waals surface area contributed by atoms with Crippen molar-refractivity contribution in [2.75, 3.05) is 5.32 Å². The van der Waals surface area contributed by atoms with Crippen LogP contribution in [0.4, 0.5) is 27.9 Å². The first-order chi connectivity index (χ1) is 15.8. The van der Waals surface area contributed by atoms with Gasteiger partial charge in [0.15, 0.2) is 5.65 Å². The first-order valence-corrected chi connectivity index (χ1v) is 10.3. The number of fused-ring (bicyclic) bond motifs is 2. The third-order valence-corrected chi connectivity index (χ3v) is 5.63. The van der Waals surface area contributed by atoms with E-state index in [1.54, 1.807) is 24.5 Å². The summed E-state index contributed by atoms with van der Waals surface area (Å²) in [5, 5.41) is 8.09. The molecule has 5 rings (SSSR count). The van der Waals surface area contributed by atoms with E-state index >= 15 is 0 Å². The Morgan fingerprint density at radius 2 is 1.88 bits per heavy atom.